The van der Waals surface area contributed by atoms with Crippen LogP contribution in [0.1, 0.15) is 18.5 Å². The average Bonchev–Trinajstić information content (AvgIpc) is 2.84. The Balaban J connectivity index is 1.72. The molecular formula is C14H17N3O. The van der Waals surface area contributed by atoms with Gasteiger partial charge in [-0.15, -0.1) is 0 Å². The number of aromatic nitrogens is 2. The number of para-hydroxylation sites is 1. The number of nitrogens with zero attached hydrogens (tertiary/aromatic N) is 2. The second kappa shape index (κ2) is 4.92. The molecule has 0 saturated carbocycles. The van der Waals surface area contributed by atoms with Gasteiger partial charge in [-0.3, -0.25) is 0 Å². The zero-order valence-corrected chi connectivity index (χ0v) is 10.4. The summed E-state index contributed by atoms with van der Waals surface area (Å²) in [5, 5.41) is 7.92. The van der Waals surface area contributed by atoms with Crippen molar-refractivity contribution in [1.82, 2.24) is 15.1 Å². The molecule has 1 N–H and O–H groups in total. The molecule has 2 heterocycles. The summed E-state index contributed by atoms with van der Waals surface area (Å²) in [6, 6.07) is 10.9. The molecule has 94 valence electrons. The Bertz CT molecular complexity index is 505. The lowest BCUT2D eigenvalue weighted by Crippen LogP contribution is -2.46. The molecule has 0 aliphatic carbocycles. The third kappa shape index (κ3) is 2.30. The van der Waals surface area contributed by atoms with E-state index in [1.807, 2.05) is 29.1 Å². The lowest BCUT2D eigenvalue weighted by atomic mass is 10.1. The third-order valence-corrected chi connectivity index (χ3v) is 3.25. The van der Waals surface area contributed by atoms with Crippen LogP contribution < -0.4 is 5.32 Å². The molecule has 4 heteroatoms. The summed E-state index contributed by atoms with van der Waals surface area (Å²) in [5.74, 6) is 0. The first-order valence-corrected chi connectivity index (χ1v) is 6.27. The fraction of sp³-hybridized carbons (Fsp3) is 0.357. The van der Waals surface area contributed by atoms with E-state index in [1.54, 1.807) is 0 Å². The van der Waals surface area contributed by atoms with Gasteiger partial charge in [-0.05, 0) is 19.1 Å². The summed E-state index contributed by atoms with van der Waals surface area (Å²) in [7, 11) is 0. The van der Waals surface area contributed by atoms with Gasteiger partial charge in [0.2, 0.25) is 0 Å². The molecule has 2 aromatic rings. The van der Waals surface area contributed by atoms with Crippen LogP contribution in [0.3, 0.4) is 0 Å². The van der Waals surface area contributed by atoms with Crippen LogP contribution in [0.5, 0.6) is 0 Å². The largest absolute Gasteiger partial charge is 0.378 e. The molecule has 4 nitrogen and oxygen atoms in total. The summed E-state index contributed by atoms with van der Waals surface area (Å²) in [6.45, 7) is 3.79. The number of nitrogens with one attached hydrogen (secondary N) is 1. The second-order valence-electron chi connectivity index (χ2n) is 4.68. The monoisotopic (exact) mass is 243 g/mol. The van der Waals surface area contributed by atoms with E-state index in [9.17, 15) is 0 Å². The van der Waals surface area contributed by atoms with E-state index in [0.717, 1.165) is 18.9 Å². The van der Waals surface area contributed by atoms with Crippen LogP contribution in [-0.4, -0.2) is 29.0 Å². The minimum atomic E-state index is 0.302. The van der Waals surface area contributed by atoms with Gasteiger partial charge < -0.3 is 10.1 Å². The second-order valence-corrected chi connectivity index (χ2v) is 4.68. The van der Waals surface area contributed by atoms with Gasteiger partial charge in [0.1, 0.15) is 0 Å². The Hall–Kier alpha value is -1.65. The van der Waals surface area contributed by atoms with Crippen molar-refractivity contribution in [3.05, 3.63) is 48.3 Å². The molecule has 1 aliphatic rings. The van der Waals surface area contributed by atoms with Crippen LogP contribution in [0, 0.1) is 0 Å². The Kier molecular flexibility index (Phi) is 3.13. The van der Waals surface area contributed by atoms with Crippen molar-refractivity contribution in [3.63, 3.8) is 0 Å². The highest BCUT2D eigenvalue weighted by Gasteiger charge is 2.21. The van der Waals surface area contributed by atoms with Crippen LogP contribution in [0.4, 0.5) is 0 Å². The van der Waals surface area contributed by atoms with Gasteiger partial charge in [-0.25, -0.2) is 4.68 Å². The summed E-state index contributed by atoms with van der Waals surface area (Å²) < 4.78 is 7.07. The lowest BCUT2D eigenvalue weighted by molar-refractivity contribution is -0.00925. The van der Waals surface area contributed by atoms with Crippen LogP contribution in [0.25, 0.3) is 5.69 Å². The fourth-order valence-corrected chi connectivity index (χ4v) is 2.06. The van der Waals surface area contributed by atoms with E-state index < -0.39 is 0 Å². The van der Waals surface area contributed by atoms with E-state index in [0.29, 0.717) is 12.1 Å². The molecular weight excluding hydrogens is 226 g/mol. The molecule has 1 aromatic heterocycles. The van der Waals surface area contributed by atoms with Crippen molar-refractivity contribution >= 4 is 0 Å². The highest BCUT2D eigenvalue weighted by atomic mass is 16.5. The SMILES string of the molecule is CC(NC1COC1)c1cnn(-c2ccccc2)c1. The molecule has 1 aromatic carbocycles. The zero-order valence-electron chi connectivity index (χ0n) is 10.4. The molecule has 0 bridgehead atoms. The summed E-state index contributed by atoms with van der Waals surface area (Å²) in [5.41, 5.74) is 2.29. The van der Waals surface area contributed by atoms with E-state index in [2.05, 4.69) is 35.7 Å². The third-order valence-electron chi connectivity index (χ3n) is 3.25. The predicted octanol–water partition coefficient (Wildman–Crippen LogP) is 1.92. The molecule has 1 aliphatic heterocycles. The average molecular weight is 243 g/mol. The van der Waals surface area contributed by atoms with Crippen molar-refractivity contribution in [2.75, 3.05) is 13.2 Å². The molecule has 18 heavy (non-hydrogen) atoms. The summed E-state index contributed by atoms with van der Waals surface area (Å²) in [6.07, 6.45) is 4.00. The van der Waals surface area contributed by atoms with E-state index in [4.69, 9.17) is 4.74 Å². The topological polar surface area (TPSA) is 39.1 Å². The predicted molar refractivity (Wildman–Crippen MR) is 69.7 cm³/mol. The van der Waals surface area contributed by atoms with E-state index in [-0.39, 0.29) is 0 Å². The quantitative estimate of drug-likeness (QED) is 0.891. The highest BCUT2D eigenvalue weighted by molar-refractivity contribution is 5.31. The first-order valence-electron chi connectivity index (χ1n) is 6.27. The maximum absolute atomic E-state index is 5.16. The van der Waals surface area contributed by atoms with Gasteiger partial charge in [0.25, 0.3) is 0 Å². The molecule has 3 rings (SSSR count). The Morgan fingerprint density at radius 2 is 2.11 bits per heavy atom. The van der Waals surface area contributed by atoms with Gasteiger partial charge >= 0.3 is 0 Å². The summed E-state index contributed by atoms with van der Waals surface area (Å²) >= 11 is 0. The molecule has 1 saturated heterocycles. The van der Waals surface area contributed by atoms with Gasteiger partial charge in [0, 0.05) is 17.8 Å². The lowest BCUT2D eigenvalue weighted by Gasteiger charge is -2.29. The molecule has 0 amide bonds. The maximum Gasteiger partial charge on any atom is 0.0645 e. The van der Waals surface area contributed by atoms with Crippen LogP contribution in [0.2, 0.25) is 0 Å². The number of benzene rings is 1. The van der Waals surface area contributed by atoms with Crippen molar-refractivity contribution in [1.29, 1.82) is 0 Å². The fourth-order valence-electron chi connectivity index (χ4n) is 2.06. The van der Waals surface area contributed by atoms with Crippen LogP contribution in [0.15, 0.2) is 42.7 Å². The van der Waals surface area contributed by atoms with Crippen LogP contribution >= 0.6 is 0 Å². The van der Waals surface area contributed by atoms with Gasteiger partial charge in [0.15, 0.2) is 0 Å². The van der Waals surface area contributed by atoms with E-state index in [1.165, 1.54) is 5.56 Å². The smallest absolute Gasteiger partial charge is 0.0645 e. The van der Waals surface area contributed by atoms with Crippen molar-refractivity contribution in [2.24, 2.45) is 0 Å². The van der Waals surface area contributed by atoms with Gasteiger partial charge in [0.05, 0.1) is 31.1 Å². The van der Waals surface area contributed by atoms with Crippen LogP contribution in [-0.2, 0) is 4.74 Å². The molecule has 0 radical (unpaired) electrons. The molecule has 1 unspecified atom stereocenters. The number of rotatable bonds is 4. The number of ether oxygens (including phenoxy) is 1. The van der Waals surface area contributed by atoms with Crippen molar-refractivity contribution < 1.29 is 4.74 Å². The first kappa shape index (κ1) is 11.4. The summed E-state index contributed by atoms with van der Waals surface area (Å²) in [4.78, 5) is 0. The zero-order chi connectivity index (χ0) is 12.4. The van der Waals surface area contributed by atoms with Gasteiger partial charge in [-0.1, -0.05) is 18.2 Å². The normalized spacial score (nSPS) is 17.4. The Morgan fingerprint density at radius 1 is 1.33 bits per heavy atom. The van der Waals surface area contributed by atoms with E-state index >= 15 is 0 Å². The molecule has 1 fully saturated rings. The molecule has 0 spiro atoms. The minimum Gasteiger partial charge on any atom is -0.378 e. The first-order chi connectivity index (χ1) is 8.83. The molecule has 1 atom stereocenters. The Morgan fingerprint density at radius 3 is 2.78 bits per heavy atom. The van der Waals surface area contributed by atoms with Crippen molar-refractivity contribution in [2.45, 2.75) is 19.0 Å². The highest BCUT2D eigenvalue weighted by Crippen LogP contribution is 2.16. The maximum atomic E-state index is 5.16. The Labute approximate surface area is 107 Å². The minimum absolute atomic E-state index is 0.302. The number of hydrogen-bond donors (Lipinski definition) is 1. The standard InChI is InChI=1S/C14H17N3O/c1-11(16-13-9-18-10-13)12-7-15-17(8-12)14-5-3-2-4-6-14/h2-8,11,13,16H,9-10H2,1H3. The number of hydrogen-bond acceptors (Lipinski definition) is 3. The van der Waals surface area contributed by atoms with Gasteiger partial charge in [-0.2, -0.15) is 5.10 Å². The van der Waals surface area contributed by atoms with Crippen molar-refractivity contribution in [3.8, 4) is 5.69 Å².